The zero-order valence-electron chi connectivity index (χ0n) is 36.7. The van der Waals surface area contributed by atoms with Gasteiger partial charge < -0.3 is 53.4 Å². The smallest absolute Gasteiger partial charge is 0.320 e. The van der Waals surface area contributed by atoms with E-state index in [0.717, 1.165) is 30.7 Å². The monoisotopic (exact) mass is 917 g/mol. The second-order valence-electron chi connectivity index (χ2n) is 18.0. The van der Waals surface area contributed by atoms with Gasteiger partial charge in [-0.2, -0.15) is 20.3 Å². The molecule has 3 N–H and O–H groups in total. The van der Waals surface area contributed by atoms with Crippen LogP contribution in [0.15, 0.2) is 24.3 Å². The molecule has 0 saturated carbocycles. The summed E-state index contributed by atoms with van der Waals surface area (Å²) in [7, 11) is 0. The number of aldehydes is 4. The van der Waals surface area contributed by atoms with Crippen LogP contribution in [0.3, 0.4) is 0 Å². The van der Waals surface area contributed by atoms with Gasteiger partial charge in [-0.1, -0.05) is 17.7 Å². The summed E-state index contributed by atoms with van der Waals surface area (Å²) in [5, 5.41) is 40.4. The Morgan fingerprint density at radius 3 is 1.68 bits per heavy atom. The van der Waals surface area contributed by atoms with E-state index in [1.807, 2.05) is 19.1 Å². The number of benzene rings is 1. The highest BCUT2D eigenvalue weighted by atomic mass is 16.8. The van der Waals surface area contributed by atoms with Gasteiger partial charge >= 0.3 is 5.97 Å². The predicted molar refractivity (Wildman–Crippen MR) is 222 cm³/mol. The van der Waals surface area contributed by atoms with E-state index in [1.165, 1.54) is 10.1 Å². The van der Waals surface area contributed by atoms with Gasteiger partial charge in [-0.15, -0.1) is 0 Å². The lowest BCUT2D eigenvalue weighted by atomic mass is 9.92. The number of aliphatic hydroxyl groups is 2. The molecular weight excluding hydrogens is 855 g/mol. The molecule has 65 heavy (non-hydrogen) atoms. The van der Waals surface area contributed by atoms with Crippen LogP contribution in [0.25, 0.3) is 0 Å². The molecule has 21 nitrogen and oxygen atoms in total. The zero-order chi connectivity index (χ0) is 45.6. The molecule has 0 amide bonds. The highest BCUT2D eigenvalue weighted by Gasteiger charge is 2.58. The normalized spacial score (nSPS) is 38.9. The largest absolute Gasteiger partial charge is 0.480 e. The van der Waals surface area contributed by atoms with Crippen LogP contribution in [0.1, 0.15) is 69.8 Å². The van der Waals surface area contributed by atoms with Crippen molar-refractivity contribution in [3.05, 3.63) is 29.8 Å². The van der Waals surface area contributed by atoms with Gasteiger partial charge in [0.2, 0.25) is 6.29 Å². The molecule has 360 valence electrons. The number of carboxylic acids is 1. The molecule has 7 aliphatic heterocycles. The van der Waals surface area contributed by atoms with Crippen LogP contribution in [0.4, 0.5) is 0 Å². The number of carbonyl (C=O) groups excluding carboxylic acids is 4. The fraction of sp³-hybridized carbons (Fsp3) is 0.750. The molecule has 8 rings (SSSR count). The minimum atomic E-state index is -1.67. The van der Waals surface area contributed by atoms with Gasteiger partial charge in [0.25, 0.3) is 0 Å². The number of aliphatic hydroxyl groups excluding tert-OH is 2. The summed E-state index contributed by atoms with van der Waals surface area (Å²) in [6.07, 6.45) is -3.45. The molecule has 15 atom stereocenters. The number of carboxylic acid groups (broad SMARTS) is 1. The quantitative estimate of drug-likeness (QED) is 0.146. The Bertz CT molecular complexity index is 1770. The fourth-order valence-corrected chi connectivity index (χ4v) is 10.2. The lowest BCUT2D eigenvalue weighted by Crippen LogP contribution is -2.71. The van der Waals surface area contributed by atoms with Gasteiger partial charge in [0, 0.05) is 26.2 Å². The third kappa shape index (κ3) is 10.8. The van der Waals surface area contributed by atoms with Crippen LogP contribution in [0, 0.1) is 6.92 Å². The zero-order valence-corrected chi connectivity index (χ0v) is 36.7. The highest BCUT2D eigenvalue weighted by Crippen LogP contribution is 2.39. The average molecular weight is 918 g/mol. The standard InChI is InChI=1S/C44H63N5O16/c1-27-12-14-32(15-13-27)60-43-40(64-48-19-4-9-30(48)23-52)36(45-16-6-11-33(45)42(56)57)39(35(62-43)26-59-47-18-3-8-29(47)22-51)63-44-41(65-49-20-5-10-31(49)24-53)38(55)37(54)34(61-44)25-58-46-17-2-7-28(46)21-50/h12-15,21-24,28-31,33-41,43-44,54-55H,2-11,16-20,25-26H2,1H3,(H,56,57)/t28-,29-,30-,31-,33-,34?,35+,36?,37-,38-,39+,40?,41?,43-,44-/m0/s1. The number of hydrogen-bond donors (Lipinski definition) is 3. The van der Waals surface area contributed by atoms with E-state index in [-0.39, 0.29) is 19.8 Å². The summed E-state index contributed by atoms with van der Waals surface area (Å²) < 4.78 is 27.1. The molecule has 21 heteroatoms. The molecular formula is C44H63N5O16. The molecule has 7 aliphatic rings. The van der Waals surface area contributed by atoms with E-state index in [1.54, 1.807) is 27.2 Å². The number of nitrogens with zero attached hydrogens (tertiary/aromatic N) is 5. The first-order valence-electron chi connectivity index (χ1n) is 23.1. The third-order valence-corrected chi connectivity index (χ3v) is 13.7. The molecule has 7 heterocycles. The summed E-state index contributed by atoms with van der Waals surface area (Å²) >= 11 is 0. The minimum Gasteiger partial charge on any atom is -0.480 e. The summed E-state index contributed by atoms with van der Waals surface area (Å²) in [6.45, 7) is 3.34. The number of likely N-dealkylation sites (tertiary alicyclic amines) is 1. The second kappa shape index (κ2) is 22.1. The number of carbonyl (C=O) groups is 5. The van der Waals surface area contributed by atoms with E-state index < -0.39 is 97.5 Å². The highest BCUT2D eigenvalue weighted by molar-refractivity contribution is 5.74. The summed E-state index contributed by atoms with van der Waals surface area (Å²) in [5.41, 5.74) is 0.979. The van der Waals surface area contributed by atoms with Crippen molar-refractivity contribution < 1.29 is 77.6 Å². The number of aryl methyl sites for hydroxylation is 1. The van der Waals surface area contributed by atoms with Crippen LogP contribution in [-0.4, -0.2) is 209 Å². The topological polar surface area (TPSA) is 236 Å². The van der Waals surface area contributed by atoms with Crippen LogP contribution in [0.5, 0.6) is 5.75 Å². The van der Waals surface area contributed by atoms with E-state index in [4.69, 9.17) is 38.3 Å². The maximum absolute atomic E-state index is 13.1. The molecule has 0 radical (unpaired) electrons. The Hall–Kier alpha value is -3.39. The lowest BCUT2D eigenvalue weighted by Gasteiger charge is -2.52. The van der Waals surface area contributed by atoms with E-state index >= 15 is 0 Å². The Kier molecular flexibility index (Phi) is 16.4. The first-order valence-corrected chi connectivity index (χ1v) is 23.1. The fourth-order valence-electron chi connectivity index (χ4n) is 10.2. The Labute approximate surface area is 377 Å². The van der Waals surface area contributed by atoms with Gasteiger partial charge in [0.05, 0.1) is 43.4 Å². The van der Waals surface area contributed by atoms with E-state index in [0.29, 0.717) is 96.1 Å². The third-order valence-electron chi connectivity index (χ3n) is 13.7. The van der Waals surface area contributed by atoms with Crippen LogP contribution in [0.2, 0.25) is 0 Å². The van der Waals surface area contributed by atoms with Crippen LogP contribution >= 0.6 is 0 Å². The van der Waals surface area contributed by atoms with Gasteiger partial charge in [-0.25, -0.2) is 0 Å². The molecule has 1 aromatic carbocycles. The Morgan fingerprint density at radius 2 is 1.12 bits per heavy atom. The summed E-state index contributed by atoms with van der Waals surface area (Å²) in [4.78, 5) is 88.9. The van der Waals surface area contributed by atoms with E-state index in [2.05, 4.69) is 0 Å². The van der Waals surface area contributed by atoms with Gasteiger partial charge in [0.15, 0.2) is 18.5 Å². The lowest BCUT2D eigenvalue weighted by molar-refractivity contribution is -0.392. The van der Waals surface area contributed by atoms with Crippen molar-refractivity contribution >= 4 is 31.1 Å². The van der Waals surface area contributed by atoms with Crippen molar-refractivity contribution in [3.8, 4) is 5.75 Å². The molecule has 0 aliphatic carbocycles. The maximum Gasteiger partial charge on any atom is 0.320 e. The van der Waals surface area contributed by atoms with Crippen molar-refractivity contribution in [1.29, 1.82) is 0 Å². The number of rotatable bonds is 20. The Morgan fingerprint density at radius 1 is 0.631 bits per heavy atom. The minimum absolute atomic E-state index is 0.227. The van der Waals surface area contributed by atoms with Crippen molar-refractivity contribution in [2.24, 2.45) is 0 Å². The van der Waals surface area contributed by atoms with Gasteiger partial charge in [-0.3, -0.25) is 29.0 Å². The SMILES string of the molecule is Cc1ccc(O[C@H]2O[C@H](CON3CCC[C@H]3C=O)[C@@H](O[C@@H]3OC(CON4CCC[C@H]4C=O)[C@H](O)[C@H](O)C3ON3CCC[C@H]3C=O)C(N3CCC[C@H]3C(=O)O)C2ON2CCC[C@H]2C=O)cc1. The molecule has 7 saturated heterocycles. The number of aliphatic carboxylic acids is 1. The molecule has 7 fully saturated rings. The van der Waals surface area contributed by atoms with Crippen LogP contribution in [-0.2, 0) is 57.5 Å². The van der Waals surface area contributed by atoms with Crippen molar-refractivity contribution in [1.82, 2.24) is 25.2 Å². The predicted octanol–water partition coefficient (Wildman–Crippen LogP) is -0.0350. The molecule has 1 aromatic rings. The van der Waals surface area contributed by atoms with Gasteiger partial charge in [0.1, 0.15) is 67.5 Å². The number of hydroxylamine groups is 8. The maximum atomic E-state index is 13.1. The molecule has 0 spiro atoms. The first kappa shape index (κ1) is 48.1. The molecule has 0 bridgehead atoms. The summed E-state index contributed by atoms with van der Waals surface area (Å²) in [6, 6.07) is 2.93. The van der Waals surface area contributed by atoms with Crippen molar-refractivity contribution in [2.75, 3.05) is 45.9 Å². The van der Waals surface area contributed by atoms with Crippen molar-refractivity contribution in [3.63, 3.8) is 0 Å². The number of hydrogen-bond acceptors (Lipinski definition) is 20. The van der Waals surface area contributed by atoms with Crippen LogP contribution < -0.4 is 4.74 Å². The Balaban J connectivity index is 1.20. The van der Waals surface area contributed by atoms with Crippen molar-refractivity contribution in [2.45, 2.75) is 163 Å². The summed E-state index contributed by atoms with van der Waals surface area (Å²) in [5.74, 6) is -0.658. The molecule has 0 aromatic heterocycles. The number of ether oxygens (including phenoxy) is 4. The van der Waals surface area contributed by atoms with E-state index in [9.17, 15) is 39.3 Å². The van der Waals surface area contributed by atoms with Gasteiger partial charge in [-0.05, 0) is 89.8 Å². The second-order valence-corrected chi connectivity index (χ2v) is 18.0. The average Bonchev–Trinajstić information content (AvgIpc) is 4.18. The molecule has 4 unspecified atom stereocenters. The first-order chi connectivity index (χ1) is 31.6.